The third-order valence-corrected chi connectivity index (χ3v) is 4.30. The lowest BCUT2D eigenvalue weighted by Gasteiger charge is -2.19. The Bertz CT molecular complexity index is 408. The van der Waals surface area contributed by atoms with Crippen LogP contribution in [0, 0.1) is 11.8 Å². The monoisotopic (exact) mass is 248 g/mol. The SMILES string of the molecule is CC(C)(C)NCCc1ncc(C2C3CCCC32)o1. The highest BCUT2D eigenvalue weighted by Gasteiger charge is 2.54. The first-order valence-electron chi connectivity index (χ1n) is 7.24. The Balaban J connectivity index is 1.51. The molecule has 0 amide bonds. The van der Waals surface area contributed by atoms with E-state index in [0.29, 0.717) is 5.92 Å². The van der Waals surface area contributed by atoms with Gasteiger partial charge in [0.1, 0.15) is 5.76 Å². The number of rotatable bonds is 4. The summed E-state index contributed by atoms with van der Waals surface area (Å²) in [5, 5.41) is 3.46. The Morgan fingerprint density at radius 1 is 1.33 bits per heavy atom. The highest BCUT2D eigenvalue weighted by molar-refractivity contribution is 5.19. The second kappa shape index (κ2) is 4.37. The van der Waals surface area contributed by atoms with Crippen LogP contribution in [0.2, 0.25) is 0 Å². The number of nitrogens with one attached hydrogen (secondary N) is 1. The average Bonchev–Trinajstić information content (AvgIpc) is 2.71. The number of oxazole rings is 1. The summed E-state index contributed by atoms with van der Waals surface area (Å²) in [6, 6.07) is 0. The zero-order valence-electron chi connectivity index (χ0n) is 11.7. The molecule has 0 aliphatic heterocycles. The van der Waals surface area contributed by atoms with E-state index in [9.17, 15) is 0 Å². The van der Waals surface area contributed by atoms with Gasteiger partial charge < -0.3 is 9.73 Å². The number of aromatic nitrogens is 1. The predicted molar refractivity (Wildman–Crippen MR) is 71.5 cm³/mol. The largest absolute Gasteiger partial charge is 0.445 e. The van der Waals surface area contributed by atoms with Crippen LogP contribution in [0.15, 0.2) is 10.6 Å². The summed E-state index contributed by atoms with van der Waals surface area (Å²) in [6.07, 6.45) is 7.07. The van der Waals surface area contributed by atoms with E-state index in [1.165, 1.54) is 19.3 Å². The fourth-order valence-corrected chi connectivity index (χ4v) is 3.38. The van der Waals surface area contributed by atoms with Crippen LogP contribution < -0.4 is 5.32 Å². The lowest BCUT2D eigenvalue weighted by Crippen LogP contribution is -2.37. The van der Waals surface area contributed by atoms with E-state index < -0.39 is 0 Å². The van der Waals surface area contributed by atoms with Gasteiger partial charge in [0, 0.05) is 24.4 Å². The molecule has 0 spiro atoms. The van der Waals surface area contributed by atoms with Crippen LogP contribution >= 0.6 is 0 Å². The van der Waals surface area contributed by atoms with E-state index in [1.54, 1.807) is 0 Å². The summed E-state index contributed by atoms with van der Waals surface area (Å²) in [5.74, 6) is 4.58. The highest BCUT2D eigenvalue weighted by Crippen LogP contribution is 2.63. The molecule has 2 aliphatic rings. The normalized spacial score (nSPS) is 30.5. The van der Waals surface area contributed by atoms with Gasteiger partial charge in [0.05, 0.1) is 6.20 Å². The topological polar surface area (TPSA) is 38.1 Å². The van der Waals surface area contributed by atoms with Crippen LogP contribution in [0.3, 0.4) is 0 Å². The minimum Gasteiger partial charge on any atom is -0.445 e. The van der Waals surface area contributed by atoms with Crippen molar-refractivity contribution in [1.82, 2.24) is 10.3 Å². The lowest BCUT2D eigenvalue weighted by atomic mass is 10.1. The fourth-order valence-electron chi connectivity index (χ4n) is 3.38. The molecule has 2 saturated carbocycles. The minimum atomic E-state index is 0.170. The zero-order chi connectivity index (χ0) is 12.8. The van der Waals surface area contributed by atoms with Crippen molar-refractivity contribution in [2.24, 2.45) is 11.8 Å². The van der Waals surface area contributed by atoms with Crippen LogP contribution in [-0.2, 0) is 6.42 Å². The number of hydrogen-bond acceptors (Lipinski definition) is 3. The molecule has 1 N–H and O–H groups in total. The maximum Gasteiger partial charge on any atom is 0.195 e. The summed E-state index contributed by atoms with van der Waals surface area (Å²) < 4.78 is 5.91. The summed E-state index contributed by atoms with van der Waals surface area (Å²) >= 11 is 0. The average molecular weight is 248 g/mol. The third-order valence-electron chi connectivity index (χ3n) is 4.30. The Morgan fingerprint density at radius 2 is 2.06 bits per heavy atom. The van der Waals surface area contributed by atoms with Crippen molar-refractivity contribution in [3.8, 4) is 0 Å². The first-order valence-corrected chi connectivity index (χ1v) is 7.24. The molecule has 3 nitrogen and oxygen atoms in total. The summed E-state index contributed by atoms with van der Waals surface area (Å²) in [6.45, 7) is 7.47. The number of fused-ring (bicyclic) bond motifs is 1. The van der Waals surface area contributed by atoms with Crippen molar-refractivity contribution in [3.63, 3.8) is 0 Å². The molecule has 3 rings (SSSR count). The van der Waals surface area contributed by atoms with Gasteiger partial charge in [0.2, 0.25) is 0 Å². The Morgan fingerprint density at radius 3 is 2.72 bits per heavy atom. The molecule has 1 aromatic rings. The second-order valence-electron chi connectivity index (χ2n) is 6.87. The van der Waals surface area contributed by atoms with Crippen molar-refractivity contribution in [1.29, 1.82) is 0 Å². The van der Waals surface area contributed by atoms with Gasteiger partial charge in [-0.3, -0.25) is 0 Å². The van der Waals surface area contributed by atoms with Crippen molar-refractivity contribution < 1.29 is 4.42 Å². The maximum atomic E-state index is 5.91. The van der Waals surface area contributed by atoms with Crippen molar-refractivity contribution in [2.75, 3.05) is 6.54 Å². The van der Waals surface area contributed by atoms with E-state index in [2.05, 4.69) is 31.1 Å². The molecule has 0 radical (unpaired) electrons. The first kappa shape index (κ1) is 12.2. The lowest BCUT2D eigenvalue weighted by molar-refractivity contribution is 0.398. The number of hydrogen-bond donors (Lipinski definition) is 1. The fraction of sp³-hybridized carbons (Fsp3) is 0.800. The van der Waals surface area contributed by atoms with Crippen molar-refractivity contribution >= 4 is 0 Å². The van der Waals surface area contributed by atoms with Gasteiger partial charge in [-0.25, -0.2) is 4.98 Å². The predicted octanol–water partition coefficient (Wildman–Crippen LogP) is 3.12. The molecular weight excluding hydrogens is 224 g/mol. The highest BCUT2D eigenvalue weighted by atomic mass is 16.4. The van der Waals surface area contributed by atoms with Crippen molar-refractivity contribution in [3.05, 3.63) is 17.8 Å². The third kappa shape index (κ3) is 2.46. The summed E-state index contributed by atoms with van der Waals surface area (Å²) in [7, 11) is 0. The molecule has 2 atom stereocenters. The smallest absolute Gasteiger partial charge is 0.195 e. The number of nitrogens with zero attached hydrogens (tertiary/aromatic N) is 1. The van der Waals surface area contributed by atoms with Crippen LogP contribution in [-0.4, -0.2) is 17.1 Å². The van der Waals surface area contributed by atoms with Gasteiger partial charge in [-0.2, -0.15) is 0 Å². The second-order valence-corrected chi connectivity index (χ2v) is 6.87. The maximum absolute atomic E-state index is 5.91. The van der Waals surface area contributed by atoms with Gasteiger partial charge in [-0.1, -0.05) is 6.42 Å². The summed E-state index contributed by atoms with van der Waals surface area (Å²) in [5.41, 5.74) is 0.170. The molecule has 1 aromatic heterocycles. The molecular formula is C15H24N2O. The molecule has 2 unspecified atom stereocenters. The molecule has 0 bridgehead atoms. The summed E-state index contributed by atoms with van der Waals surface area (Å²) in [4.78, 5) is 4.42. The van der Waals surface area contributed by atoms with Crippen LogP contribution in [0.5, 0.6) is 0 Å². The van der Waals surface area contributed by atoms with Gasteiger partial charge in [-0.15, -0.1) is 0 Å². The Hall–Kier alpha value is -0.830. The van der Waals surface area contributed by atoms with Crippen LogP contribution in [0.25, 0.3) is 0 Å². The first-order chi connectivity index (χ1) is 8.54. The zero-order valence-corrected chi connectivity index (χ0v) is 11.7. The van der Waals surface area contributed by atoms with E-state index in [-0.39, 0.29) is 5.54 Å². The molecule has 0 aromatic carbocycles. The molecule has 3 heteroatoms. The van der Waals surface area contributed by atoms with E-state index in [0.717, 1.165) is 36.5 Å². The van der Waals surface area contributed by atoms with E-state index >= 15 is 0 Å². The van der Waals surface area contributed by atoms with Crippen LogP contribution in [0.4, 0.5) is 0 Å². The standard InChI is InChI=1S/C15H24N2O/c1-15(2,3)17-8-7-13-16-9-12(18-13)14-10-5-4-6-11(10)14/h9-11,14,17H,4-8H2,1-3H3. The van der Waals surface area contributed by atoms with Gasteiger partial charge in [0.25, 0.3) is 0 Å². The molecule has 100 valence electrons. The van der Waals surface area contributed by atoms with Gasteiger partial charge >= 0.3 is 0 Å². The van der Waals surface area contributed by atoms with Crippen LogP contribution in [0.1, 0.15) is 57.6 Å². The molecule has 1 heterocycles. The molecule has 2 fully saturated rings. The van der Waals surface area contributed by atoms with E-state index in [4.69, 9.17) is 4.42 Å². The van der Waals surface area contributed by atoms with Crippen molar-refractivity contribution in [2.45, 2.75) is 57.9 Å². The molecule has 0 saturated heterocycles. The van der Waals surface area contributed by atoms with Gasteiger partial charge in [-0.05, 0) is 45.4 Å². The van der Waals surface area contributed by atoms with E-state index in [1.807, 2.05) is 6.20 Å². The van der Waals surface area contributed by atoms with Gasteiger partial charge in [0.15, 0.2) is 5.89 Å². The quantitative estimate of drug-likeness (QED) is 0.889. The minimum absolute atomic E-state index is 0.170. The molecule has 18 heavy (non-hydrogen) atoms. The Labute approximate surface area is 109 Å². The Kier molecular flexibility index (Phi) is 2.97. The molecule has 2 aliphatic carbocycles.